The number of nitrogens with one attached hydrogen (secondary N) is 2. The number of carbonyl (C=O) groups is 2. The average molecular weight is 380 g/mol. The molecule has 1 saturated heterocycles. The Labute approximate surface area is 161 Å². The standard InChI is InChI=1S/C21H21FN4O2/c22-15-7-5-14(6-8-15)9-10-26-13-16(11-21(26)28)23-20(27)12-19-17-3-1-2-4-18(17)24-25-19/h1-8,16H,9-13H2,(H,23,27)(H,24,25). The van der Waals surface area contributed by atoms with Crippen LogP contribution in [0.25, 0.3) is 10.9 Å². The summed E-state index contributed by atoms with van der Waals surface area (Å²) in [5.74, 6) is -0.374. The molecule has 7 heteroatoms. The number of H-pyrrole nitrogens is 1. The number of halogens is 1. The van der Waals surface area contributed by atoms with Crippen LogP contribution in [0.1, 0.15) is 17.7 Å². The zero-order valence-corrected chi connectivity index (χ0v) is 15.3. The van der Waals surface area contributed by atoms with Crippen LogP contribution in [0.4, 0.5) is 4.39 Å². The van der Waals surface area contributed by atoms with Gasteiger partial charge in [0.15, 0.2) is 0 Å². The number of hydrogen-bond acceptors (Lipinski definition) is 3. The van der Waals surface area contributed by atoms with Crippen LogP contribution in [0.15, 0.2) is 48.5 Å². The van der Waals surface area contributed by atoms with Crippen LogP contribution in [0.5, 0.6) is 0 Å². The van der Waals surface area contributed by atoms with Crippen molar-refractivity contribution in [3.63, 3.8) is 0 Å². The predicted molar refractivity (Wildman–Crippen MR) is 103 cm³/mol. The molecule has 1 aliphatic heterocycles. The van der Waals surface area contributed by atoms with Crippen molar-refractivity contribution in [2.75, 3.05) is 13.1 Å². The van der Waals surface area contributed by atoms with Crippen molar-refractivity contribution in [2.24, 2.45) is 0 Å². The predicted octanol–water partition coefficient (Wildman–Crippen LogP) is 2.20. The van der Waals surface area contributed by atoms with Crippen molar-refractivity contribution >= 4 is 22.7 Å². The van der Waals surface area contributed by atoms with Crippen LogP contribution in [0.3, 0.4) is 0 Å². The summed E-state index contributed by atoms with van der Waals surface area (Å²) in [6, 6.07) is 13.7. The molecule has 2 aromatic carbocycles. The Balaban J connectivity index is 1.30. The molecule has 1 atom stereocenters. The lowest BCUT2D eigenvalue weighted by Gasteiger charge is -2.17. The van der Waals surface area contributed by atoms with E-state index in [2.05, 4.69) is 15.5 Å². The number of likely N-dealkylation sites (tertiary alicyclic amines) is 1. The van der Waals surface area contributed by atoms with Crippen molar-refractivity contribution in [3.8, 4) is 0 Å². The van der Waals surface area contributed by atoms with E-state index >= 15 is 0 Å². The molecule has 2 amide bonds. The minimum absolute atomic E-state index is 0.0272. The summed E-state index contributed by atoms with van der Waals surface area (Å²) >= 11 is 0. The quantitative estimate of drug-likeness (QED) is 0.688. The first-order valence-corrected chi connectivity index (χ1v) is 9.32. The van der Waals surface area contributed by atoms with Crippen molar-refractivity contribution in [1.29, 1.82) is 0 Å². The molecule has 1 fully saturated rings. The molecule has 6 nitrogen and oxygen atoms in total. The molecule has 0 bridgehead atoms. The summed E-state index contributed by atoms with van der Waals surface area (Å²) in [7, 11) is 0. The maximum atomic E-state index is 13.0. The SMILES string of the molecule is O=C(Cc1[nH]nc2ccccc12)NC1CC(=O)N(CCc2ccc(F)cc2)C1. The number of amides is 2. The fourth-order valence-corrected chi connectivity index (χ4v) is 3.59. The van der Waals surface area contributed by atoms with Gasteiger partial charge in [-0.3, -0.25) is 14.7 Å². The van der Waals surface area contributed by atoms with Gasteiger partial charge in [0.25, 0.3) is 0 Å². The topological polar surface area (TPSA) is 78.1 Å². The normalized spacial score (nSPS) is 16.7. The van der Waals surface area contributed by atoms with Gasteiger partial charge in [0.2, 0.25) is 11.8 Å². The highest BCUT2D eigenvalue weighted by Gasteiger charge is 2.30. The van der Waals surface area contributed by atoms with Gasteiger partial charge in [0, 0.05) is 24.9 Å². The largest absolute Gasteiger partial charge is 0.351 e. The van der Waals surface area contributed by atoms with E-state index in [4.69, 9.17) is 0 Å². The van der Waals surface area contributed by atoms with E-state index in [1.807, 2.05) is 24.3 Å². The van der Waals surface area contributed by atoms with E-state index in [9.17, 15) is 14.0 Å². The number of rotatable bonds is 6. The third-order valence-electron chi connectivity index (χ3n) is 5.04. The van der Waals surface area contributed by atoms with Crippen LogP contribution in [-0.2, 0) is 22.4 Å². The fourth-order valence-electron chi connectivity index (χ4n) is 3.59. The molecule has 1 unspecified atom stereocenters. The molecule has 28 heavy (non-hydrogen) atoms. The van der Waals surface area contributed by atoms with Crippen molar-refractivity contribution in [3.05, 3.63) is 65.6 Å². The Morgan fingerprint density at radius 1 is 1.21 bits per heavy atom. The number of para-hydroxylation sites is 1. The maximum Gasteiger partial charge on any atom is 0.226 e. The monoisotopic (exact) mass is 380 g/mol. The van der Waals surface area contributed by atoms with Gasteiger partial charge in [0.05, 0.1) is 23.7 Å². The van der Waals surface area contributed by atoms with E-state index in [0.29, 0.717) is 25.9 Å². The first-order valence-electron chi connectivity index (χ1n) is 9.32. The molecule has 0 radical (unpaired) electrons. The van der Waals surface area contributed by atoms with Crippen molar-refractivity contribution in [2.45, 2.75) is 25.3 Å². The summed E-state index contributed by atoms with van der Waals surface area (Å²) in [5, 5.41) is 11.0. The van der Waals surface area contributed by atoms with Gasteiger partial charge in [-0.05, 0) is 30.2 Å². The minimum Gasteiger partial charge on any atom is -0.351 e. The number of nitrogens with zero attached hydrogens (tertiary/aromatic N) is 2. The first-order chi connectivity index (χ1) is 13.6. The van der Waals surface area contributed by atoms with Gasteiger partial charge < -0.3 is 10.2 Å². The molecular weight excluding hydrogens is 359 g/mol. The molecule has 1 aliphatic rings. The zero-order valence-electron chi connectivity index (χ0n) is 15.3. The van der Waals surface area contributed by atoms with Gasteiger partial charge in [-0.1, -0.05) is 30.3 Å². The van der Waals surface area contributed by atoms with Gasteiger partial charge in [0.1, 0.15) is 5.82 Å². The summed E-state index contributed by atoms with van der Waals surface area (Å²) in [6.07, 6.45) is 1.16. The van der Waals surface area contributed by atoms with Crippen LogP contribution >= 0.6 is 0 Å². The Hall–Kier alpha value is -3.22. The summed E-state index contributed by atoms with van der Waals surface area (Å²) in [6.45, 7) is 1.05. The highest BCUT2D eigenvalue weighted by Crippen LogP contribution is 2.16. The van der Waals surface area contributed by atoms with Crippen LogP contribution < -0.4 is 5.32 Å². The molecule has 3 aromatic rings. The van der Waals surface area contributed by atoms with Gasteiger partial charge in [-0.2, -0.15) is 5.10 Å². The summed E-state index contributed by atoms with van der Waals surface area (Å²) < 4.78 is 13.0. The molecule has 144 valence electrons. The average Bonchev–Trinajstić information content (AvgIpc) is 3.24. The van der Waals surface area contributed by atoms with Gasteiger partial charge in [-0.15, -0.1) is 0 Å². The number of carbonyl (C=O) groups excluding carboxylic acids is 2. The number of aromatic amines is 1. The van der Waals surface area contributed by atoms with E-state index in [1.165, 1.54) is 12.1 Å². The molecule has 0 saturated carbocycles. The van der Waals surface area contributed by atoms with Crippen LogP contribution in [0, 0.1) is 5.82 Å². The highest BCUT2D eigenvalue weighted by atomic mass is 19.1. The molecule has 4 rings (SSSR count). The molecule has 0 aliphatic carbocycles. The third kappa shape index (κ3) is 4.03. The fraction of sp³-hybridized carbons (Fsp3) is 0.286. The van der Waals surface area contributed by atoms with Crippen LogP contribution in [-0.4, -0.2) is 46.0 Å². The third-order valence-corrected chi connectivity index (χ3v) is 5.04. The Morgan fingerprint density at radius 3 is 2.82 bits per heavy atom. The summed E-state index contributed by atoms with van der Waals surface area (Å²) in [5.41, 5.74) is 2.58. The van der Waals surface area contributed by atoms with Crippen molar-refractivity contribution < 1.29 is 14.0 Å². The lowest BCUT2D eigenvalue weighted by atomic mass is 10.1. The van der Waals surface area contributed by atoms with E-state index in [1.54, 1.807) is 17.0 Å². The van der Waals surface area contributed by atoms with E-state index < -0.39 is 0 Å². The minimum atomic E-state index is -0.270. The second-order valence-electron chi connectivity index (χ2n) is 7.08. The molecular formula is C21H21FN4O2. The lowest BCUT2D eigenvalue weighted by Crippen LogP contribution is -2.38. The van der Waals surface area contributed by atoms with E-state index in [-0.39, 0.29) is 30.1 Å². The highest BCUT2D eigenvalue weighted by molar-refractivity contribution is 5.88. The molecule has 0 spiro atoms. The zero-order chi connectivity index (χ0) is 19.5. The van der Waals surface area contributed by atoms with Gasteiger partial charge >= 0.3 is 0 Å². The van der Waals surface area contributed by atoms with Gasteiger partial charge in [-0.25, -0.2) is 4.39 Å². The number of fused-ring (bicyclic) bond motifs is 1. The number of hydrogen-bond donors (Lipinski definition) is 2. The van der Waals surface area contributed by atoms with Crippen molar-refractivity contribution in [1.82, 2.24) is 20.4 Å². The Bertz CT molecular complexity index is 999. The Kier molecular flexibility index (Phi) is 5.06. The molecule has 1 aromatic heterocycles. The first kappa shape index (κ1) is 18.2. The lowest BCUT2D eigenvalue weighted by molar-refractivity contribution is -0.127. The Morgan fingerprint density at radius 2 is 2.00 bits per heavy atom. The second-order valence-corrected chi connectivity index (χ2v) is 7.08. The molecule has 2 N–H and O–H groups in total. The number of aromatic nitrogens is 2. The summed E-state index contributed by atoms with van der Waals surface area (Å²) in [4.78, 5) is 26.4. The second kappa shape index (κ2) is 7.80. The number of benzene rings is 2. The smallest absolute Gasteiger partial charge is 0.226 e. The molecule has 2 heterocycles. The van der Waals surface area contributed by atoms with Crippen LogP contribution in [0.2, 0.25) is 0 Å². The van der Waals surface area contributed by atoms with E-state index in [0.717, 1.165) is 22.2 Å². The maximum absolute atomic E-state index is 13.0.